The number of aromatic nitrogens is 4. The van der Waals surface area contributed by atoms with Gasteiger partial charge in [-0.15, -0.1) is 0 Å². The third kappa shape index (κ3) is 3.44. The second-order valence-electron chi connectivity index (χ2n) is 7.80. The van der Waals surface area contributed by atoms with Gasteiger partial charge >= 0.3 is 0 Å². The third-order valence-electron chi connectivity index (χ3n) is 5.72. The lowest BCUT2D eigenvalue weighted by atomic mass is 9.97. The van der Waals surface area contributed by atoms with Gasteiger partial charge in [-0.2, -0.15) is 9.61 Å². The molecule has 0 radical (unpaired) electrons. The maximum atomic E-state index is 12.6. The lowest BCUT2D eigenvalue weighted by Crippen LogP contribution is -2.54. The highest BCUT2D eigenvalue weighted by molar-refractivity contribution is 5.82. The molecule has 0 bridgehead atoms. The molecule has 2 aliphatic heterocycles. The first-order valence-corrected chi connectivity index (χ1v) is 10.2. The monoisotopic (exact) mass is 391 g/mol. The molecule has 3 aromatic rings. The Morgan fingerprint density at radius 3 is 2.93 bits per heavy atom. The van der Waals surface area contributed by atoms with E-state index in [1.54, 1.807) is 6.20 Å². The highest BCUT2D eigenvalue weighted by Gasteiger charge is 2.36. The predicted octanol–water partition coefficient (Wildman–Crippen LogP) is 0.874. The van der Waals surface area contributed by atoms with E-state index in [2.05, 4.69) is 25.6 Å². The number of fused-ring (bicyclic) bond motifs is 2. The van der Waals surface area contributed by atoms with Gasteiger partial charge in [0.05, 0.1) is 30.0 Å². The number of amides is 1. The average molecular weight is 391 g/mol. The van der Waals surface area contributed by atoms with Crippen molar-refractivity contribution in [1.29, 1.82) is 0 Å². The molecule has 29 heavy (non-hydrogen) atoms. The van der Waals surface area contributed by atoms with E-state index in [0.717, 1.165) is 54.5 Å². The molecule has 0 unspecified atom stereocenters. The van der Waals surface area contributed by atoms with Gasteiger partial charge in [-0.1, -0.05) is 6.07 Å². The lowest BCUT2D eigenvalue weighted by molar-refractivity contribution is -0.125. The molecule has 0 atom stereocenters. The minimum absolute atomic E-state index is 0.0156. The van der Waals surface area contributed by atoms with E-state index in [9.17, 15) is 4.79 Å². The van der Waals surface area contributed by atoms with Gasteiger partial charge in [0.15, 0.2) is 5.65 Å². The first-order chi connectivity index (χ1) is 14.2. The largest absolute Gasteiger partial charge is 0.354 e. The molecular weight excluding hydrogens is 366 g/mol. The fourth-order valence-corrected chi connectivity index (χ4v) is 4.18. The zero-order valence-electron chi connectivity index (χ0n) is 16.6. The molecule has 2 N–H and O–H groups in total. The summed E-state index contributed by atoms with van der Waals surface area (Å²) in [5, 5.41) is 11.0. The Hall–Kier alpha value is -3.00. The summed E-state index contributed by atoms with van der Waals surface area (Å²) in [7, 11) is 0. The molecule has 8 heteroatoms. The van der Waals surface area contributed by atoms with E-state index in [0.29, 0.717) is 19.6 Å². The van der Waals surface area contributed by atoms with Crippen LogP contribution < -0.4 is 15.5 Å². The van der Waals surface area contributed by atoms with Gasteiger partial charge in [0.2, 0.25) is 5.91 Å². The second-order valence-corrected chi connectivity index (χ2v) is 7.80. The van der Waals surface area contributed by atoms with Crippen LogP contribution in [0.4, 0.5) is 5.82 Å². The smallest absolute Gasteiger partial charge is 0.227 e. The number of rotatable bonds is 4. The van der Waals surface area contributed by atoms with E-state index in [1.807, 2.05) is 35.7 Å². The van der Waals surface area contributed by atoms with Crippen LogP contribution in [0.15, 0.2) is 30.5 Å². The lowest BCUT2D eigenvalue weighted by Gasteiger charge is -2.41. The molecule has 0 aliphatic carbocycles. The van der Waals surface area contributed by atoms with Crippen LogP contribution in [0.25, 0.3) is 5.65 Å². The van der Waals surface area contributed by atoms with Gasteiger partial charge in [-0.05, 0) is 32.0 Å². The number of carbonyl (C=O) groups excluding carboxylic acids is 1. The highest BCUT2D eigenvalue weighted by atomic mass is 16.2. The Morgan fingerprint density at radius 1 is 1.21 bits per heavy atom. The van der Waals surface area contributed by atoms with Crippen molar-refractivity contribution in [3.8, 4) is 0 Å². The first-order valence-electron chi connectivity index (χ1n) is 10.2. The SMILES string of the molecule is Cc1cccc(CNC(=O)C2CN(c3c4c(nc5ccnn35)CCNCC4)C2)n1. The number of hydrogen-bond acceptors (Lipinski definition) is 6. The van der Waals surface area contributed by atoms with E-state index in [4.69, 9.17) is 4.98 Å². The highest BCUT2D eigenvalue weighted by Crippen LogP contribution is 2.31. The van der Waals surface area contributed by atoms with Crippen LogP contribution in [0, 0.1) is 12.8 Å². The fraction of sp³-hybridized carbons (Fsp3) is 0.429. The molecule has 1 amide bonds. The Morgan fingerprint density at radius 2 is 2.07 bits per heavy atom. The number of aryl methyl sites for hydroxylation is 1. The standard InChI is InChI=1S/C21H25N7O/c1-14-3-2-4-16(25-14)11-23-20(29)15-12-27(13-15)21-17-5-8-22-9-6-18(17)26-19-7-10-24-28(19)21/h2-4,7,10,15,22H,5-6,8-9,11-13H2,1H3,(H,23,29). The Labute approximate surface area is 169 Å². The molecule has 0 spiro atoms. The summed E-state index contributed by atoms with van der Waals surface area (Å²) in [5.41, 5.74) is 5.13. The van der Waals surface area contributed by atoms with Crippen molar-refractivity contribution in [2.45, 2.75) is 26.3 Å². The van der Waals surface area contributed by atoms with Crippen LogP contribution in [0.1, 0.15) is 22.6 Å². The van der Waals surface area contributed by atoms with Crippen LogP contribution in [-0.2, 0) is 24.2 Å². The summed E-state index contributed by atoms with van der Waals surface area (Å²) >= 11 is 0. The molecule has 0 aromatic carbocycles. The van der Waals surface area contributed by atoms with Gasteiger partial charge < -0.3 is 15.5 Å². The molecule has 5 heterocycles. The van der Waals surface area contributed by atoms with Crippen molar-refractivity contribution < 1.29 is 4.79 Å². The molecule has 0 saturated carbocycles. The van der Waals surface area contributed by atoms with Crippen molar-refractivity contribution in [2.24, 2.45) is 5.92 Å². The number of hydrogen-bond donors (Lipinski definition) is 2. The molecule has 3 aromatic heterocycles. The topological polar surface area (TPSA) is 87.5 Å². The molecule has 5 rings (SSSR count). The summed E-state index contributed by atoms with van der Waals surface area (Å²) in [6.07, 6.45) is 3.65. The summed E-state index contributed by atoms with van der Waals surface area (Å²) in [5.74, 6) is 1.17. The summed E-state index contributed by atoms with van der Waals surface area (Å²) in [4.78, 5) is 24.1. The summed E-state index contributed by atoms with van der Waals surface area (Å²) < 4.78 is 1.93. The van der Waals surface area contributed by atoms with Gasteiger partial charge in [-0.3, -0.25) is 9.78 Å². The van der Waals surface area contributed by atoms with Crippen molar-refractivity contribution in [2.75, 3.05) is 31.1 Å². The van der Waals surface area contributed by atoms with Crippen molar-refractivity contribution >= 4 is 17.4 Å². The molecule has 1 saturated heterocycles. The summed E-state index contributed by atoms with van der Waals surface area (Å²) in [6, 6.07) is 7.81. The Balaban J connectivity index is 1.30. The van der Waals surface area contributed by atoms with Crippen LogP contribution in [-0.4, -0.2) is 51.7 Å². The molecule has 1 fully saturated rings. The number of nitrogens with zero attached hydrogens (tertiary/aromatic N) is 5. The predicted molar refractivity (Wildman–Crippen MR) is 110 cm³/mol. The number of anilines is 1. The fourth-order valence-electron chi connectivity index (χ4n) is 4.18. The first kappa shape index (κ1) is 18.1. The zero-order chi connectivity index (χ0) is 19.8. The van der Waals surface area contributed by atoms with E-state index in [-0.39, 0.29) is 11.8 Å². The number of nitrogens with one attached hydrogen (secondary N) is 2. The second kappa shape index (κ2) is 7.44. The molecular formula is C21H25N7O. The van der Waals surface area contributed by atoms with Gasteiger partial charge in [0, 0.05) is 43.4 Å². The minimum Gasteiger partial charge on any atom is -0.354 e. The quantitative estimate of drug-likeness (QED) is 0.686. The Bertz CT molecular complexity index is 1050. The molecule has 8 nitrogen and oxygen atoms in total. The van der Waals surface area contributed by atoms with Gasteiger partial charge in [0.1, 0.15) is 5.82 Å². The molecule has 150 valence electrons. The van der Waals surface area contributed by atoms with Crippen LogP contribution in [0.3, 0.4) is 0 Å². The average Bonchev–Trinajstić information content (AvgIpc) is 3.01. The van der Waals surface area contributed by atoms with E-state index in [1.165, 1.54) is 5.56 Å². The Kier molecular flexibility index (Phi) is 4.63. The van der Waals surface area contributed by atoms with Gasteiger partial charge in [-0.25, -0.2) is 4.98 Å². The van der Waals surface area contributed by atoms with Crippen molar-refractivity contribution in [3.63, 3.8) is 0 Å². The van der Waals surface area contributed by atoms with Crippen LogP contribution in [0.5, 0.6) is 0 Å². The summed E-state index contributed by atoms with van der Waals surface area (Å²) in [6.45, 7) is 5.71. The molecule has 2 aliphatic rings. The van der Waals surface area contributed by atoms with Crippen LogP contribution >= 0.6 is 0 Å². The number of carbonyl (C=O) groups is 1. The normalized spacial score (nSPS) is 16.9. The van der Waals surface area contributed by atoms with E-state index < -0.39 is 0 Å². The third-order valence-corrected chi connectivity index (χ3v) is 5.72. The van der Waals surface area contributed by atoms with Crippen LogP contribution in [0.2, 0.25) is 0 Å². The van der Waals surface area contributed by atoms with Crippen molar-refractivity contribution in [3.05, 3.63) is 53.1 Å². The minimum atomic E-state index is -0.0156. The zero-order valence-corrected chi connectivity index (χ0v) is 16.6. The number of pyridine rings is 1. The van der Waals surface area contributed by atoms with Gasteiger partial charge in [0.25, 0.3) is 0 Å². The van der Waals surface area contributed by atoms with Crippen molar-refractivity contribution in [1.82, 2.24) is 30.2 Å². The maximum absolute atomic E-state index is 12.6. The maximum Gasteiger partial charge on any atom is 0.227 e. The van der Waals surface area contributed by atoms with E-state index >= 15 is 0 Å².